The molecular formula is C80H150NO8P. The van der Waals surface area contributed by atoms with E-state index < -0.39 is 26.5 Å². The van der Waals surface area contributed by atoms with Gasteiger partial charge in [0.25, 0.3) is 7.82 Å². The maximum Gasteiger partial charge on any atom is 0.306 e. The second-order valence-electron chi connectivity index (χ2n) is 27.7. The van der Waals surface area contributed by atoms with Gasteiger partial charge in [0.15, 0.2) is 6.10 Å². The standard InChI is InChI=1S/C80H150NO8P/c1-6-8-10-12-14-16-18-20-22-24-26-28-30-32-34-35-36-37-38-39-40-41-42-43-44-45-47-49-51-53-55-57-59-61-63-65-67-69-71-73-80(83)89-78(77-88-90(84,85)87-75-74-81(3,4)5)76-86-79(82)72-70-68-66-64-62-60-58-56-54-52-50-48-46-33-31-29-27-25-23-21-19-17-15-13-11-9-7-2/h18-21,24-27,30,32,78H,6-17,22-23,28-29,31,33-77H2,1-5H3/b20-18-,21-19-,26-24-,27-25-,32-30-. The Labute approximate surface area is 559 Å². The minimum Gasteiger partial charge on any atom is -0.756 e. The van der Waals surface area contributed by atoms with Crippen LogP contribution in [0.4, 0.5) is 0 Å². The molecule has 0 amide bonds. The number of hydrogen-bond donors (Lipinski definition) is 0. The predicted octanol–water partition coefficient (Wildman–Crippen LogP) is 25.1. The van der Waals surface area contributed by atoms with Gasteiger partial charge in [-0.25, -0.2) is 0 Å². The number of allylic oxidation sites excluding steroid dienone is 10. The van der Waals surface area contributed by atoms with E-state index in [4.69, 9.17) is 18.5 Å². The lowest BCUT2D eigenvalue weighted by atomic mass is 10.0. The molecule has 0 fully saturated rings. The number of rotatable bonds is 73. The molecule has 2 unspecified atom stereocenters. The molecule has 0 aliphatic carbocycles. The molecule has 0 saturated heterocycles. The zero-order chi connectivity index (χ0) is 65.5. The maximum atomic E-state index is 12.9. The lowest BCUT2D eigenvalue weighted by Crippen LogP contribution is -2.37. The van der Waals surface area contributed by atoms with Crippen molar-refractivity contribution >= 4 is 19.8 Å². The molecule has 0 rings (SSSR count). The van der Waals surface area contributed by atoms with Crippen LogP contribution >= 0.6 is 7.82 Å². The second kappa shape index (κ2) is 71.0. The van der Waals surface area contributed by atoms with Crippen molar-refractivity contribution in [3.63, 3.8) is 0 Å². The number of unbranched alkanes of at least 4 members (excludes halogenated alkanes) is 49. The third-order valence-electron chi connectivity index (χ3n) is 17.5. The number of quaternary nitrogens is 1. The quantitative estimate of drug-likeness (QED) is 0.0195. The fraction of sp³-hybridized carbons (Fsp3) is 0.850. The van der Waals surface area contributed by atoms with Crippen molar-refractivity contribution < 1.29 is 42.1 Å². The Morgan fingerprint density at radius 1 is 0.344 bits per heavy atom. The van der Waals surface area contributed by atoms with Crippen molar-refractivity contribution in [1.29, 1.82) is 0 Å². The van der Waals surface area contributed by atoms with E-state index in [0.29, 0.717) is 17.4 Å². The summed E-state index contributed by atoms with van der Waals surface area (Å²) >= 11 is 0. The van der Waals surface area contributed by atoms with Crippen LogP contribution in [0.15, 0.2) is 60.8 Å². The number of ether oxygens (including phenoxy) is 2. The highest BCUT2D eigenvalue weighted by molar-refractivity contribution is 7.45. The van der Waals surface area contributed by atoms with E-state index in [9.17, 15) is 19.0 Å². The monoisotopic (exact) mass is 1280 g/mol. The van der Waals surface area contributed by atoms with Crippen molar-refractivity contribution in [3.05, 3.63) is 60.8 Å². The first-order chi connectivity index (χ1) is 44.0. The normalized spacial score (nSPS) is 13.4. The molecule has 0 aromatic carbocycles. The van der Waals surface area contributed by atoms with Gasteiger partial charge >= 0.3 is 11.9 Å². The van der Waals surface area contributed by atoms with Gasteiger partial charge in [-0.15, -0.1) is 0 Å². The van der Waals surface area contributed by atoms with E-state index in [1.807, 2.05) is 21.1 Å². The fourth-order valence-corrected chi connectivity index (χ4v) is 12.3. The van der Waals surface area contributed by atoms with Crippen LogP contribution in [0.5, 0.6) is 0 Å². The van der Waals surface area contributed by atoms with Gasteiger partial charge in [-0.05, 0) is 83.5 Å². The topological polar surface area (TPSA) is 111 Å². The number of likely N-dealkylation sites (N-methyl/N-ethyl adjacent to an activating group) is 1. The number of phosphoric acid groups is 1. The molecule has 0 aliphatic rings. The van der Waals surface area contributed by atoms with Crippen LogP contribution in [0, 0.1) is 0 Å². The SMILES string of the molecule is CCCCCCC/C=C\C/C=C\C/C=C\CCCCCCCCCCCCCCCCCCCCCCCCCCC(=O)OC(COC(=O)CCCCCCCCCCCCCCCCC/C=C\C/C=C\CCCCCCC)COP(=O)([O-])OCC[N+](C)(C)C. The summed E-state index contributed by atoms with van der Waals surface area (Å²) in [5.74, 6) is -0.813. The van der Waals surface area contributed by atoms with Crippen LogP contribution in [-0.2, 0) is 32.7 Å². The molecular weight excluding hydrogens is 1130 g/mol. The highest BCUT2D eigenvalue weighted by Crippen LogP contribution is 2.38. The van der Waals surface area contributed by atoms with Crippen molar-refractivity contribution in [1.82, 2.24) is 0 Å². The van der Waals surface area contributed by atoms with Gasteiger partial charge in [0.05, 0.1) is 27.7 Å². The lowest BCUT2D eigenvalue weighted by Gasteiger charge is -2.28. The Hall–Kier alpha value is -2.29. The molecule has 9 nitrogen and oxygen atoms in total. The summed E-state index contributed by atoms with van der Waals surface area (Å²) in [6, 6.07) is 0. The predicted molar refractivity (Wildman–Crippen MR) is 388 cm³/mol. The molecule has 0 radical (unpaired) electrons. The first-order valence-corrected chi connectivity index (χ1v) is 40.5. The molecule has 528 valence electrons. The van der Waals surface area contributed by atoms with Crippen molar-refractivity contribution in [2.75, 3.05) is 47.5 Å². The Kier molecular flexibility index (Phi) is 69.2. The number of esters is 2. The molecule has 0 aromatic rings. The van der Waals surface area contributed by atoms with Crippen molar-refractivity contribution in [2.45, 2.75) is 392 Å². The summed E-state index contributed by atoms with van der Waals surface area (Å²) in [5, 5.41) is 0. The molecule has 0 heterocycles. The molecule has 90 heavy (non-hydrogen) atoms. The Morgan fingerprint density at radius 2 is 0.600 bits per heavy atom. The highest BCUT2D eigenvalue weighted by atomic mass is 31.2. The summed E-state index contributed by atoms with van der Waals surface area (Å²) in [6.45, 7) is 4.28. The number of phosphoric ester groups is 1. The lowest BCUT2D eigenvalue weighted by molar-refractivity contribution is -0.870. The fourth-order valence-electron chi connectivity index (χ4n) is 11.5. The number of nitrogens with zero attached hydrogens (tertiary/aromatic N) is 1. The average Bonchev–Trinajstić information content (AvgIpc) is 3.58. The van der Waals surface area contributed by atoms with Gasteiger partial charge in [-0.3, -0.25) is 14.2 Å². The molecule has 0 aromatic heterocycles. The smallest absolute Gasteiger partial charge is 0.306 e. The van der Waals surface area contributed by atoms with Gasteiger partial charge in [-0.2, -0.15) is 0 Å². The molecule has 2 atom stereocenters. The summed E-state index contributed by atoms with van der Waals surface area (Å²) < 4.78 is 34.4. The molecule has 0 bridgehead atoms. The van der Waals surface area contributed by atoms with E-state index >= 15 is 0 Å². The second-order valence-corrected chi connectivity index (χ2v) is 29.1. The Morgan fingerprint density at radius 3 is 0.889 bits per heavy atom. The van der Waals surface area contributed by atoms with Crippen LogP contribution in [0.3, 0.4) is 0 Å². The first kappa shape index (κ1) is 87.7. The van der Waals surface area contributed by atoms with Gasteiger partial charge < -0.3 is 27.9 Å². The summed E-state index contributed by atoms with van der Waals surface area (Å²) in [7, 11) is 1.18. The number of hydrogen-bond acceptors (Lipinski definition) is 8. The van der Waals surface area contributed by atoms with E-state index in [1.54, 1.807) is 0 Å². The first-order valence-electron chi connectivity index (χ1n) is 39.0. The summed E-state index contributed by atoms with van der Waals surface area (Å²) in [4.78, 5) is 38.1. The van der Waals surface area contributed by atoms with Crippen LogP contribution in [0.25, 0.3) is 0 Å². The maximum absolute atomic E-state index is 12.9. The third-order valence-corrected chi connectivity index (χ3v) is 18.5. The molecule has 0 N–H and O–H groups in total. The zero-order valence-corrected chi connectivity index (χ0v) is 61.2. The van der Waals surface area contributed by atoms with Crippen molar-refractivity contribution in [3.8, 4) is 0 Å². The average molecular weight is 1290 g/mol. The van der Waals surface area contributed by atoms with Gasteiger partial charge in [0.1, 0.15) is 19.8 Å². The van der Waals surface area contributed by atoms with Gasteiger partial charge in [0.2, 0.25) is 0 Å². The zero-order valence-electron chi connectivity index (χ0n) is 60.4. The van der Waals surface area contributed by atoms with Crippen LogP contribution < -0.4 is 4.89 Å². The van der Waals surface area contributed by atoms with Gasteiger partial charge in [-0.1, -0.05) is 351 Å². The van der Waals surface area contributed by atoms with E-state index in [-0.39, 0.29) is 32.0 Å². The number of carbonyl (C=O) groups excluding carboxylic acids is 2. The Balaban J connectivity index is 3.92. The van der Waals surface area contributed by atoms with Crippen molar-refractivity contribution in [2.24, 2.45) is 0 Å². The highest BCUT2D eigenvalue weighted by Gasteiger charge is 2.22. The van der Waals surface area contributed by atoms with Crippen LogP contribution in [0.1, 0.15) is 386 Å². The Bertz CT molecular complexity index is 1700. The molecule has 0 aliphatic heterocycles. The summed E-state index contributed by atoms with van der Waals surface area (Å²) in [5.41, 5.74) is 0. The van der Waals surface area contributed by atoms with Crippen LogP contribution in [0.2, 0.25) is 0 Å². The third kappa shape index (κ3) is 74.7. The minimum absolute atomic E-state index is 0.0291. The van der Waals surface area contributed by atoms with Gasteiger partial charge in [0, 0.05) is 12.8 Å². The van der Waals surface area contributed by atoms with E-state index in [0.717, 1.165) is 51.4 Å². The van der Waals surface area contributed by atoms with Crippen LogP contribution in [-0.4, -0.2) is 70.0 Å². The number of carbonyl (C=O) groups is 2. The largest absolute Gasteiger partial charge is 0.756 e. The molecule has 0 saturated carbocycles. The molecule has 10 heteroatoms. The minimum atomic E-state index is -4.64. The molecule has 0 spiro atoms. The van der Waals surface area contributed by atoms with E-state index in [1.165, 1.54) is 302 Å². The van der Waals surface area contributed by atoms with E-state index in [2.05, 4.69) is 74.6 Å². The summed E-state index contributed by atoms with van der Waals surface area (Å²) in [6.07, 6.45) is 94.8.